The van der Waals surface area contributed by atoms with Gasteiger partial charge in [-0.25, -0.2) is 0 Å². The first-order valence-electron chi connectivity index (χ1n) is 4.76. The first kappa shape index (κ1) is 7.85. The number of rotatable bonds is 1. The van der Waals surface area contributed by atoms with Crippen molar-refractivity contribution in [2.75, 3.05) is 0 Å². The van der Waals surface area contributed by atoms with Crippen LogP contribution in [0, 0.1) is 20.8 Å². The van der Waals surface area contributed by atoms with Gasteiger partial charge in [-0.15, -0.1) is 0 Å². The van der Waals surface area contributed by atoms with Crippen molar-refractivity contribution in [1.29, 1.82) is 0 Å². The van der Waals surface area contributed by atoms with Gasteiger partial charge in [0.1, 0.15) is 0 Å². The Morgan fingerprint density at radius 2 is 1.50 bits per heavy atom. The van der Waals surface area contributed by atoms with Gasteiger partial charge < -0.3 is 0 Å². The molecule has 1 aliphatic carbocycles. The van der Waals surface area contributed by atoms with Crippen LogP contribution in [0.1, 0.15) is 41.0 Å². The molecule has 0 atom stereocenters. The second kappa shape index (κ2) is 2.62. The average molecular weight is 160 g/mol. The Morgan fingerprint density at radius 1 is 0.917 bits per heavy atom. The van der Waals surface area contributed by atoms with Gasteiger partial charge in [0.2, 0.25) is 0 Å². The first-order chi connectivity index (χ1) is 5.68. The van der Waals surface area contributed by atoms with Gasteiger partial charge in [0.05, 0.1) is 0 Å². The lowest BCUT2D eigenvalue weighted by atomic mass is 9.98. The molecule has 0 amide bonds. The van der Waals surface area contributed by atoms with Crippen molar-refractivity contribution >= 4 is 0 Å². The molecule has 12 heavy (non-hydrogen) atoms. The van der Waals surface area contributed by atoms with Gasteiger partial charge in [0.15, 0.2) is 0 Å². The van der Waals surface area contributed by atoms with Gasteiger partial charge in [0.25, 0.3) is 0 Å². The first-order valence-corrected chi connectivity index (χ1v) is 4.76. The van der Waals surface area contributed by atoms with Gasteiger partial charge >= 0.3 is 0 Å². The van der Waals surface area contributed by atoms with Crippen LogP contribution in [0.4, 0.5) is 0 Å². The monoisotopic (exact) mass is 160 g/mol. The number of aryl methyl sites for hydroxylation is 3. The molecular weight excluding hydrogens is 144 g/mol. The lowest BCUT2D eigenvalue weighted by Crippen LogP contribution is -1.90. The van der Waals surface area contributed by atoms with Crippen molar-refractivity contribution in [2.45, 2.75) is 39.5 Å². The maximum absolute atomic E-state index is 2.38. The maximum atomic E-state index is 2.38. The Kier molecular flexibility index (Phi) is 1.71. The van der Waals surface area contributed by atoms with E-state index >= 15 is 0 Å². The molecule has 0 heterocycles. The molecule has 1 saturated carbocycles. The van der Waals surface area contributed by atoms with Crippen LogP contribution in [0.2, 0.25) is 0 Å². The van der Waals surface area contributed by atoms with Gasteiger partial charge in [0, 0.05) is 0 Å². The molecule has 0 spiro atoms. The summed E-state index contributed by atoms with van der Waals surface area (Å²) in [6, 6.07) is 4.70. The van der Waals surface area contributed by atoms with Crippen LogP contribution in [-0.2, 0) is 0 Å². The molecular formula is C12H16. The SMILES string of the molecule is Cc1cc(C)c(C2CC2)cc1C. The molecule has 0 N–H and O–H groups in total. The third kappa shape index (κ3) is 1.26. The Morgan fingerprint density at radius 3 is 2.08 bits per heavy atom. The summed E-state index contributed by atoms with van der Waals surface area (Å²) in [6.45, 7) is 6.64. The highest BCUT2D eigenvalue weighted by molar-refractivity contribution is 5.40. The van der Waals surface area contributed by atoms with E-state index in [0.717, 1.165) is 5.92 Å². The molecule has 0 nitrogen and oxygen atoms in total. The highest BCUT2D eigenvalue weighted by Crippen LogP contribution is 2.42. The van der Waals surface area contributed by atoms with E-state index in [-0.39, 0.29) is 0 Å². The van der Waals surface area contributed by atoms with Crippen molar-refractivity contribution in [1.82, 2.24) is 0 Å². The third-order valence-electron chi connectivity index (χ3n) is 2.90. The number of benzene rings is 1. The van der Waals surface area contributed by atoms with E-state index in [2.05, 4.69) is 32.9 Å². The summed E-state index contributed by atoms with van der Waals surface area (Å²) in [5.74, 6) is 0.893. The van der Waals surface area contributed by atoms with E-state index < -0.39 is 0 Å². The van der Waals surface area contributed by atoms with Crippen molar-refractivity contribution in [3.05, 3.63) is 34.4 Å². The fourth-order valence-electron chi connectivity index (χ4n) is 1.82. The fraction of sp³-hybridized carbons (Fsp3) is 0.500. The summed E-state index contributed by atoms with van der Waals surface area (Å²) >= 11 is 0. The zero-order valence-corrected chi connectivity index (χ0v) is 8.15. The van der Waals surface area contributed by atoms with Crippen molar-refractivity contribution in [3.63, 3.8) is 0 Å². The van der Waals surface area contributed by atoms with Gasteiger partial charge in [-0.2, -0.15) is 0 Å². The molecule has 1 fully saturated rings. The molecule has 2 rings (SSSR count). The average Bonchev–Trinajstić information content (AvgIpc) is 2.79. The molecule has 1 aromatic rings. The highest BCUT2D eigenvalue weighted by Gasteiger charge is 2.25. The second-order valence-corrected chi connectivity index (χ2v) is 4.07. The summed E-state index contributed by atoms with van der Waals surface area (Å²) in [6.07, 6.45) is 2.81. The predicted molar refractivity (Wildman–Crippen MR) is 52.6 cm³/mol. The maximum Gasteiger partial charge on any atom is -0.0159 e. The largest absolute Gasteiger partial charge is 0.0558 e. The van der Waals surface area contributed by atoms with E-state index in [1.54, 1.807) is 5.56 Å². The molecule has 1 aliphatic rings. The zero-order chi connectivity index (χ0) is 8.72. The van der Waals surface area contributed by atoms with E-state index in [9.17, 15) is 0 Å². The minimum Gasteiger partial charge on any atom is -0.0558 e. The van der Waals surface area contributed by atoms with E-state index in [4.69, 9.17) is 0 Å². The third-order valence-corrected chi connectivity index (χ3v) is 2.90. The number of hydrogen-bond donors (Lipinski definition) is 0. The molecule has 0 saturated heterocycles. The van der Waals surface area contributed by atoms with Crippen molar-refractivity contribution < 1.29 is 0 Å². The molecule has 64 valence electrons. The molecule has 0 aliphatic heterocycles. The van der Waals surface area contributed by atoms with Crippen LogP contribution in [0.15, 0.2) is 12.1 Å². The Balaban J connectivity index is 2.47. The van der Waals surface area contributed by atoms with Crippen LogP contribution >= 0.6 is 0 Å². The van der Waals surface area contributed by atoms with Gasteiger partial charge in [-0.1, -0.05) is 12.1 Å². The Bertz CT molecular complexity index is 306. The molecule has 1 aromatic carbocycles. The van der Waals surface area contributed by atoms with E-state index in [1.807, 2.05) is 0 Å². The Hall–Kier alpha value is -0.780. The van der Waals surface area contributed by atoms with Crippen LogP contribution < -0.4 is 0 Å². The standard InChI is InChI=1S/C12H16/c1-8-6-10(3)12(7-9(8)2)11-4-5-11/h6-7,11H,4-5H2,1-3H3. The summed E-state index contributed by atoms with van der Waals surface area (Å²) in [5.41, 5.74) is 5.96. The summed E-state index contributed by atoms with van der Waals surface area (Å²) in [5, 5.41) is 0. The summed E-state index contributed by atoms with van der Waals surface area (Å²) in [4.78, 5) is 0. The van der Waals surface area contributed by atoms with E-state index in [1.165, 1.54) is 29.5 Å². The molecule has 0 aromatic heterocycles. The summed E-state index contributed by atoms with van der Waals surface area (Å²) in [7, 11) is 0. The molecule has 0 bridgehead atoms. The minimum atomic E-state index is 0.893. The number of hydrogen-bond acceptors (Lipinski definition) is 0. The second-order valence-electron chi connectivity index (χ2n) is 4.07. The topological polar surface area (TPSA) is 0 Å². The highest BCUT2D eigenvalue weighted by atomic mass is 14.3. The lowest BCUT2D eigenvalue weighted by molar-refractivity contribution is 1.08. The van der Waals surface area contributed by atoms with Gasteiger partial charge in [-0.3, -0.25) is 0 Å². The van der Waals surface area contributed by atoms with Crippen LogP contribution in [0.3, 0.4) is 0 Å². The zero-order valence-electron chi connectivity index (χ0n) is 8.15. The van der Waals surface area contributed by atoms with Crippen LogP contribution in [0.5, 0.6) is 0 Å². The van der Waals surface area contributed by atoms with Crippen LogP contribution in [0.25, 0.3) is 0 Å². The molecule has 0 heteroatoms. The summed E-state index contributed by atoms with van der Waals surface area (Å²) < 4.78 is 0. The Labute approximate surface area is 74.6 Å². The predicted octanol–water partition coefficient (Wildman–Crippen LogP) is 3.49. The molecule has 0 unspecified atom stereocenters. The normalized spacial score (nSPS) is 16.6. The van der Waals surface area contributed by atoms with Crippen LogP contribution in [-0.4, -0.2) is 0 Å². The smallest absolute Gasteiger partial charge is 0.0159 e. The van der Waals surface area contributed by atoms with Crippen molar-refractivity contribution in [3.8, 4) is 0 Å². The van der Waals surface area contributed by atoms with Crippen molar-refractivity contribution in [2.24, 2.45) is 0 Å². The quantitative estimate of drug-likeness (QED) is 0.590. The van der Waals surface area contributed by atoms with Gasteiger partial charge in [-0.05, 0) is 61.8 Å². The molecule has 0 radical (unpaired) electrons. The van der Waals surface area contributed by atoms with E-state index in [0.29, 0.717) is 0 Å². The fourth-order valence-corrected chi connectivity index (χ4v) is 1.82. The minimum absolute atomic E-state index is 0.893. The lowest BCUT2D eigenvalue weighted by Gasteiger charge is -2.08.